The Hall–Kier alpha value is -4.64. The predicted molar refractivity (Wildman–Crippen MR) is 132 cm³/mol. The van der Waals surface area contributed by atoms with E-state index in [9.17, 15) is 14.4 Å². The van der Waals surface area contributed by atoms with E-state index in [0.717, 1.165) is 10.5 Å². The lowest BCUT2D eigenvalue weighted by Crippen LogP contribution is -2.30. The molecule has 0 aliphatic carbocycles. The van der Waals surface area contributed by atoms with Crippen molar-refractivity contribution in [2.45, 2.75) is 13.2 Å². The van der Waals surface area contributed by atoms with Gasteiger partial charge in [0.15, 0.2) is 23.0 Å². The molecule has 0 spiro atoms. The number of methoxy groups -OCH3 is 2. The molecular weight excluding hydrogens is 520 g/mol. The first-order valence-corrected chi connectivity index (χ1v) is 11.6. The average Bonchev–Trinajstić information content (AvgIpc) is 3.64. The van der Waals surface area contributed by atoms with Crippen LogP contribution in [0.3, 0.4) is 0 Å². The molecule has 1 saturated heterocycles. The molecule has 2 aromatic carbocycles. The second kappa shape index (κ2) is 10.4. The molecule has 3 heterocycles. The Kier molecular flexibility index (Phi) is 6.84. The zero-order valence-corrected chi connectivity index (χ0v) is 21.0. The van der Waals surface area contributed by atoms with Gasteiger partial charge in [0.1, 0.15) is 18.1 Å². The van der Waals surface area contributed by atoms with Gasteiger partial charge in [0, 0.05) is 16.7 Å². The molecule has 38 heavy (non-hydrogen) atoms. The van der Waals surface area contributed by atoms with Crippen LogP contribution in [0.25, 0.3) is 6.08 Å². The lowest BCUT2D eigenvalue weighted by atomic mass is 10.1. The number of urea groups is 1. The van der Waals surface area contributed by atoms with Crippen LogP contribution in [0.2, 0.25) is 5.02 Å². The van der Waals surface area contributed by atoms with Gasteiger partial charge in [-0.1, -0.05) is 17.7 Å². The summed E-state index contributed by atoms with van der Waals surface area (Å²) in [4.78, 5) is 38.2. The van der Waals surface area contributed by atoms with E-state index in [1.807, 2.05) is 12.1 Å². The first-order chi connectivity index (χ1) is 18.4. The molecule has 3 aromatic rings. The zero-order chi connectivity index (χ0) is 26.8. The van der Waals surface area contributed by atoms with Crippen LogP contribution < -0.4 is 24.3 Å². The Morgan fingerprint density at radius 3 is 2.71 bits per heavy atom. The molecule has 2 aliphatic heterocycles. The number of halogens is 1. The predicted octanol–water partition coefficient (Wildman–Crippen LogP) is 4.13. The molecule has 0 atom stereocenters. The third-order valence-electron chi connectivity index (χ3n) is 5.71. The number of rotatable bonds is 8. The van der Waals surface area contributed by atoms with Crippen LogP contribution in [0, 0.1) is 0 Å². The largest absolute Gasteiger partial charge is 0.493 e. The smallest absolute Gasteiger partial charge is 0.373 e. The molecule has 0 radical (unpaired) electrons. The molecule has 196 valence electrons. The van der Waals surface area contributed by atoms with Crippen molar-refractivity contribution in [1.82, 2.24) is 10.2 Å². The summed E-state index contributed by atoms with van der Waals surface area (Å²) in [6, 6.07) is 10.8. The van der Waals surface area contributed by atoms with Gasteiger partial charge < -0.3 is 33.4 Å². The fraction of sp³-hybridized carbons (Fsp3) is 0.192. The second-order valence-corrected chi connectivity index (χ2v) is 8.58. The molecule has 2 aliphatic rings. The minimum absolute atomic E-state index is 0.00741. The summed E-state index contributed by atoms with van der Waals surface area (Å²) in [5.74, 6) is 0.836. The van der Waals surface area contributed by atoms with Crippen molar-refractivity contribution >= 4 is 35.6 Å². The van der Waals surface area contributed by atoms with Crippen molar-refractivity contribution in [3.63, 3.8) is 0 Å². The molecule has 0 unspecified atom stereocenters. The zero-order valence-electron chi connectivity index (χ0n) is 20.2. The fourth-order valence-corrected chi connectivity index (χ4v) is 4.10. The van der Waals surface area contributed by atoms with E-state index in [2.05, 4.69) is 10.1 Å². The number of hydrogen-bond donors (Lipinski definition) is 1. The number of amides is 3. The number of imide groups is 1. The molecule has 1 aromatic heterocycles. The number of fused-ring (bicyclic) bond motifs is 1. The SMILES string of the molecule is COC(=O)c1ccc(CN2C(=O)N/C(=C/c3cc(Cl)cc(OC)c3OCc3ccc4c(c3)OCO4)C2=O)o1. The summed E-state index contributed by atoms with van der Waals surface area (Å²) in [6.07, 6.45) is 1.45. The highest BCUT2D eigenvalue weighted by atomic mass is 35.5. The summed E-state index contributed by atoms with van der Waals surface area (Å²) in [6.45, 7) is 0.120. The van der Waals surface area contributed by atoms with Crippen LogP contribution in [-0.2, 0) is 22.7 Å². The normalized spacial score (nSPS) is 15.1. The van der Waals surface area contributed by atoms with Gasteiger partial charge in [-0.25, -0.2) is 9.59 Å². The van der Waals surface area contributed by atoms with Crippen molar-refractivity contribution in [2.24, 2.45) is 0 Å². The van der Waals surface area contributed by atoms with Gasteiger partial charge in [0.2, 0.25) is 12.6 Å². The molecule has 1 fully saturated rings. The Morgan fingerprint density at radius 1 is 1.11 bits per heavy atom. The van der Waals surface area contributed by atoms with E-state index in [0.29, 0.717) is 33.6 Å². The van der Waals surface area contributed by atoms with Gasteiger partial charge in [-0.3, -0.25) is 9.69 Å². The fourth-order valence-electron chi connectivity index (χ4n) is 3.89. The standard InChI is InChI=1S/C26H21ClN2O9/c1-33-22-10-16(27)8-15(23(22)35-12-14-3-5-19-21(7-14)37-13-36-19)9-18-24(30)29(26(32)28-18)11-17-4-6-20(38-17)25(31)34-2/h3-10H,11-13H2,1-2H3,(H,28,32)/b18-9+. The highest BCUT2D eigenvalue weighted by molar-refractivity contribution is 6.31. The molecule has 12 heteroatoms. The summed E-state index contributed by atoms with van der Waals surface area (Å²) >= 11 is 6.28. The van der Waals surface area contributed by atoms with Gasteiger partial charge >= 0.3 is 12.0 Å². The van der Waals surface area contributed by atoms with E-state index >= 15 is 0 Å². The number of hydrogen-bond acceptors (Lipinski definition) is 9. The van der Waals surface area contributed by atoms with E-state index in [1.54, 1.807) is 18.2 Å². The highest BCUT2D eigenvalue weighted by Crippen LogP contribution is 2.38. The number of esters is 1. The van der Waals surface area contributed by atoms with Crippen molar-refractivity contribution in [1.29, 1.82) is 0 Å². The van der Waals surface area contributed by atoms with Crippen LogP contribution >= 0.6 is 11.6 Å². The Bertz CT molecular complexity index is 1460. The van der Waals surface area contributed by atoms with E-state index < -0.39 is 17.9 Å². The quantitative estimate of drug-likeness (QED) is 0.255. The average molecular weight is 541 g/mol. The lowest BCUT2D eigenvalue weighted by Gasteiger charge is -2.15. The van der Waals surface area contributed by atoms with E-state index in [-0.39, 0.29) is 37.2 Å². The minimum atomic E-state index is -0.669. The van der Waals surface area contributed by atoms with Gasteiger partial charge in [-0.2, -0.15) is 0 Å². The Labute approximate surface area is 221 Å². The van der Waals surface area contributed by atoms with Crippen molar-refractivity contribution in [3.05, 3.63) is 75.8 Å². The molecule has 1 N–H and O–H groups in total. The number of nitrogens with zero attached hydrogens (tertiary/aromatic N) is 1. The number of benzene rings is 2. The number of furan rings is 1. The first-order valence-electron chi connectivity index (χ1n) is 11.3. The maximum Gasteiger partial charge on any atom is 0.373 e. The maximum atomic E-state index is 13.1. The molecule has 3 amide bonds. The monoisotopic (exact) mass is 540 g/mol. The lowest BCUT2D eigenvalue weighted by molar-refractivity contribution is -0.123. The summed E-state index contributed by atoms with van der Waals surface area (Å²) in [7, 11) is 2.68. The van der Waals surface area contributed by atoms with Gasteiger partial charge in [0.05, 0.1) is 20.8 Å². The Morgan fingerprint density at radius 2 is 1.92 bits per heavy atom. The number of ether oxygens (including phenoxy) is 5. The van der Waals surface area contributed by atoms with Crippen LogP contribution in [0.4, 0.5) is 4.79 Å². The highest BCUT2D eigenvalue weighted by Gasteiger charge is 2.35. The minimum Gasteiger partial charge on any atom is -0.493 e. The summed E-state index contributed by atoms with van der Waals surface area (Å²) in [5, 5.41) is 2.88. The van der Waals surface area contributed by atoms with Crippen LogP contribution in [0.15, 0.2) is 52.6 Å². The second-order valence-electron chi connectivity index (χ2n) is 8.14. The molecule has 11 nitrogen and oxygen atoms in total. The topological polar surface area (TPSA) is 126 Å². The number of carbonyl (C=O) groups is 3. The van der Waals surface area contributed by atoms with Crippen LogP contribution in [-0.4, -0.2) is 43.8 Å². The summed E-state index contributed by atoms with van der Waals surface area (Å²) < 4.78 is 32.3. The van der Waals surface area contributed by atoms with Crippen molar-refractivity contribution < 1.29 is 42.5 Å². The Balaban J connectivity index is 1.38. The van der Waals surface area contributed by atoms with Gasteiger partial charge in [-0.15, -0.1) is 0 Å². The van der Waals surface area contributed by atoms with Crippen LogP contribution in [0.5, 0.6) is 23.0 Å². The first kappa shape index (κ1) is 25.0. The van der Waals surface area contributed by atoms with Gasteiger partial charge in [-0.05, 0) is 42.0 Å². The molecule has 5 rings (SSSR count). The van der Waals surface area contributed by atoms with Crippen molar-refractivity contribution in [2.75, 3.05) is 21.0 Å². The third-order valence-corrected chi connectivity index (χ3v) is 5.93. The van der Waals surface area contributed by atoms with Crippen LogP contribution in [0.1, 0.15) is 27.4 Å². The number of nitrogens with one attached hydrogen (secondary N) is 1. The molecule has 0 saturated carbocycles. The van der Waals surface area contributed by atoms with Gasteiger partial charge in [0.25, 0.3) is 5.91 Å². The summed E-state index contributed by atoms with van der Waals surface area (Å²) in [5.41, 5.74) is 1.21. The number of carbonyl (C=O) groups excluding carboxylic acids is 3. The third kappa shape index (κ3) is 4.96. The van der Waals surface area contributed by atoms with Crippen molar-refractivity contribution in [3.8, 4) is 23.0 Å². The maximum absolute atomic E-state index is 13.1. The molecule has 0 bridgehead atoms. The van der Waals surface area contributed by atoms with E-state index in [4.69, 9.17) is 35.0 Å². The molecular formula is C26H21ClN2O9. The van der Waals surface area contributed by atoms with E-state index in [1.165, 1.54) is 32.4 Å².